The molecule has 1 aromatic heterocycles. The number of fused-ring (bicyclic) bond motifs is 1. The van der Waals surface area contributed by atoms with Gasteiger partial charge in [-0.3, -0.25) is 19.4 Å². The van der Waals surface area contributed by atoms with Crippen molar-refractivity contribution in [3.8, 4) is 0 Å². The van der Waals surface area contributed by atoms with Crippen molar-refractivity contribution in [1.29, 1.82) is 0 Å². The van der Waals surface area contributed by atoms with E-state index in [9.17, 15) is 9.59 Å². The number of piperazine rings is 1. The highest BCUT2D eigenvalue weighted by Crippen LogP contribution is 2.17. The minimum atomic E-state index is -0.0465. The average Bonchev–Trinajstić information content (AvgIpc) is 3.12. The van der Waals surface area contributed by atoms with Gasteiger partial charge in [0, 0.05) is 55.2 Å². The van der Waals surface area contributed by atoms with E-state index in [1.54, 1.807) is 18.2 Å². The van der Waals surface area contributed by atoms with E-state index in [1.807, 2.05) is 12.1 Å². The average molecular weight is 390 g/mol. The third-order valence-electron chi connectivity index (χ3n) is 5.36. The minimum absolute atomic E-state index is 0.00724. The van der Waals surface area contributed by atoms with Crippen molar-refractivity contribution < 1.29 is 9.59 Å². The largest absolute Gasteiger partial charge is 0.357 e. The van der Waals surface area contributed by atoms with Crippen LogP contribution < -0.4 is 5.32 Å². The molecule has 6 heteroatoms. The molecule has 3 aromatic rings. The first kappa shape index (κ1) is 19.4. The van der Waals surface area contributed by atoms with Crippen LogP contribution in [0.5, 0.6) is 0 Å². The summed E-state index contributed by atoms with van der Waals surface area (Å²) in [5, 5.41) is 4.14. The number of rotatable bonds is 6. The van der Waals surface area contributed by atoms with Gasteiger partial charge in [0.2, 0.25) is 5.91 Å². The molecule has 0 spiro atoms. The number of carbonyl (C=O) groups excluding carboxylic acids is 2. The van der Waals surface area contributed by atoms with Crippen LogP contribution in [0.2, 0.25) is 0 Å². The molecule has 1 amide bonds. The molecule has 2 heterocycles. The molecule has 1 fully saturated rings. The molecule has 2 aromatic carbocycles. The Labute approximate surface area is 170 Å². The van der Waals surface area contributed by atoms with E-state index < -0.39 is 0 Å². The van der Waals surface area contributed by atoms with Gasteiger partial charge in [0.1, 0.15) is 0 Å². The zero-order valence-corrected chi connectivity index (χ0v) is 16.6. The zero-order chi connectivity index (χ0) is 20.2. The minimum Gasteiger partial charge on any atom is -0.357 e. The van der Waals surface area contributed by atoms with Crippen LogP contribution in [-0.2, 0) is 11.3 Å². The predicted molar refractivity (Wildman–Crippen MR) is 115 cm³/mol. The number of nitrogens with one attached hydrogen (secondary N) is 2. The number of hydrogen-bond donors (Lipinski definition) is 2. The van der Waals surface area contributed by atoms with Gasteiger partial charge in [-0.1, -0.05) is 30.3 Å². The summed E-state index contributed by atoms with van der Waals surface area (Å²) in [6, 6.07) is 17.6. The van der Waals surface area contributed by atoms with E-state index in [0.29, 0.717) is 17.8 Å². The van der Waals surface area contributed by atoms with Crippen molar-refractivity contribution in [3.63, 3.8) is 0 Å². The number of para-hydroxylation sites is 1. The number of Topliss-reactive ketones (excluding diaryl/α,β-unsaturated/α-hetero) is 1. The Hall–Kier alpha value is -2.96. The molecular formula is C23H26N4O2. The van der Waals surface area contributed by atoms with Crippen LogP contribution in [-0.4, -0.2) is 59.2 Å². The summed E-state index contributed by atoms with van der Waals surface area (Å²) < 4.78 is 0. The smallest absolute Gasteiger partial charge is 0.238 e. The number of amides is 1. The Bertz CT molecular complexity index is 985. The predicted octanol–water partition coefficient (Wildman–Crippen LogP) is 3.13. The first-order valence-electron chi connectivity index (χ1n) is 9.99. The number of benzene rings is 2. The Kier molecular flexibility index (Phi) is 5.74. The second-order valence-corrected chi connectivity index (χ2v) is 7.62. The molecule has 1 saturated heterocycles. The van der Waals surface area contributed by atoms with Crippen molar-refractivity contribution >= 4 is 28.3 Å². The first-order valence-corrected chi connectivity index (χ1v) is 9.99. The second kappa shape index (κ2) is 8.59. The maximum Gasteiger partial charge on any atom is 0.238 e. The number of H-pyrrole nitrogens is 1. The van der Waals surface area contributed by atoms with Crippen LogP contribution in [0, 0.1) is 0 Å². The van der Waals surface area contributed by atoms with Crippen molar-refractivity contribution in [2.45, 2.75) is 13.5 Å². The van der Waals surface area contributed by atoms with Gasteiger partial charge < -0.3 is 10.3 Å². The maximum atomic E-state index is 12.4. The standard InChI is InChI=1S/C23H26N4O2/c1-17(28)18-6-4-7-20(13-18)25-23(29)16-27-11-9-26(10-12-27)15-21-14-19-5-2-3-8-22(19)24-21/h2-8,13-14,24H,9-12,15-16H2,1H3,(H,25,29). The van der Waals surface area contributed by atoms with E-state index >= 15 is 0 Å². The van der Waals surface area contributed by atoms with Gasteiger partial charge in [-0.2, -0.15) is 0 Å². The molecule has 1 aliphatic heterocycles. The van der Waals surface area contributed by atoms with Crippen molar-refractivity contribution in [2.75, 3.05) is 38.0 Å². The Morgan fingerprint density at radius 3 is 2.48 bits per heavy atom. The van der Waals surface area contributed by atoms with Crippen LogP contribution in [0.1, 0.15) is 23.0 Å². The molecule has 150 valence electrons. The lowest BCUT2D eigenvalue weighted by Gasteiger charge is -2.34. The number of ketones is 1. The third kappa shape index (κ3) is 4.91. The molecule has 29 heavy (non-hydrogen) atoms. The second-order valence-electron chi connectivity index (χ2n) is 7.62. The fraction of sp³-hybridized carbons (Fsp3) is 0.304. The summed E-state index contributed by atoms with van der Waals surface area (Å²) in [6.45, 7) is 6.38. The maximum absolute atomic E-state index is 12.4. The van der Waals surface area contributed by atoms with Gasteiger partial charge >= 0.3 is 0 Å². The highest BCUT2D eigenvalue weighted by Gasteiger charge is 2.19. The molecule has 2 N–H and O–H groups in total. The first-order chi connectivity index (χ1) is 14.1. The Balaban J connectivity index is 1.25. The molecule has 4 rings (SSSR count). The molecule has 6 nitrogen and oxygen atoms in total. The molecule has 0 atom stereocenters. The lowest BCUT2D eigenvalue weighted by Crippen LogP contribution is -2.48. The van der Waals surface area contributed by atoms with Crippen LogP contribution >= 0.6 is 0 Å². The number of hydrogen-bond acceptors (Lipinski definition) is 4. The number of carbonyl (C=O) groups is 2. The van der Waals surface area contributed by atoms with Gasteiger partial charge in [0.05, 0.1) is 6.54 Å². The van der Waals surface area contributed by atoms with Crippen molar-refractivity contribution in [2.24, 2.45) is 0 Å². The van der Waals surface area contributed by atoms with E-state index in [0.717, 1.165) is 32.7 Å². The molecule has 1 aliphatic rings. The molecule has 0 saturated carbocycles. The summed E-state index contributed by atoms with van der Waals surface area (Å²) >= 11 is 0. The van der Waals surface area contributed by atoms with E-state index in [-0.39, 0.29) is 11.7 Å². The SMILES string of the molecule is CC(=O)c1cccc(NC(=O)CN2CCN(Cc3cc4ccccc4[nH]3)CC2)c1. The molecule has 0 bridgehead atoms. The van der Waals surface area contributed by atoms with Crippen LogP contribution in [0.25, 0.3) is 10.9 Å². The Morgan fingerprint density at radius 2 is 1.72 bits per heavy atom. The van der Waals surface area contributed by atoms with Crippen molar-refractivity contribution in [3.05, 3.63) is 65.9 Å². The summed E-state index contributed by atoms with van der Waals surface area (Å²) in [5.41, 5.74) is 3.67. The summed E-state index contributed by atoms with van der Waals surface area (Å²) in [7, 11) is 0. The lowest BCUT2D eigenvalue weighted by molar-refractivity contribution is -0.117. The number of anilines is 1. The Morgan fingerprint density at radius 1 is 0.966 bits per heavy atom. The lowest BCUT2D eigenvalue weighted by atomic mass is 10.1. The molecular weight excluding hydrogens is 364 g/mol. The third-order valence-corrected chi connectivity index (χ3v) is 5.36. The number of aromatic nitrogens is 1. The van der Waals surface area contributed by atoms with E-state index in [4.69, 9.17) is 0 Å². The molecule has 0 aliphatic carbocycles. The van der Waals surface area contributed by atoms with Gasteiger partial charge in [0.15, 0.2) is 5.78 Å². The van der Waals surface area contributed by atoms with Gasteiger partial charge in [0.25, 0.3) is 0 Å². The summed E-state index contributed by atoms with van der Waals surface area (Å²) in [4.78, 5) is 31.9. The topological polar surface area (TPSA) is 68.4 Å². The highest BCUT2D eigenvalue weighted by atomic mass is 16.2. The van der Waals surface area contributed by atoms with E-state index in [1.165, 1.54) is 23.5 Å². The van der Waals surface area contributed by atoms with Crippen molar-refractivity contribution in [1.82, 2.24) is 14.8 Å². The highest BCUT2D eigenvalue weighted by molar-refractivity contribution is 5.97. The summed E-state index contributed by atoms with van der Waals surface area (Å²) in [6.07, 6.45) is 0. The van der Waals surface area contributed by atoms with Crippen LogP contribution in [0.3, 0.4) is 0 Å². The van der Waals surface area contributed by atoms with Crippen LogP contribution in [0.4, 0.5) is 5.69 Å². The quantitative estimate of drug-likeness (QED) is 0.635. The number of aromatic amines is 1. The fourth-order valence-corrected chi connectivity index (χ4v) is 3.78. The normalized spacial score (nSPS) is 15.5. The zero-order valence-electron chi connectivity index (χ0n) is 16.6. The van der Waals surface area contributed by atoms with Gasteiger partial charge in [-0.25, -0.2) is 0 Å². The van der Waals surface area contributed by atoms with E-state index in [2.05, 4.69) is 44.4 Å². The molecule has 0 unspecified atom stereocenters. The van der Waals surface area contributed by atoms with Crippen LogP contribution in [0.15, 0.2) is 54.6 Å². The van der Waals surface area contributed by atoms with Gasteiger partial charge in [-0.05, 0) is 36.6 Å². The fourth-order valence-electron chi connectivity index (χ4n) is 3.78. The molecule has 0 radical (unpaired) electrons. The monoisotopic (exact) mass is 390 g/mol. The summed E-state index contributed by atoms with van der Waals surface area (Å²) in [5.74, 6) is -0.0537. The number of nitrogens with zero attached hydrogens (tertiary/aromatic N) is 2. The van der Waals surface area contributed by atoms with Gasteiger partial charge in [-0.15, -0.1) is 0 Å².